The number of unbranched alkanes of at least 4 members (excludes halogenated alkanes) is 1. The minimum Gasteiger partial charge on any atom is -0.480 e. The molecule has 138 valence electrons. The third-order valence-corrected chi connectivity index (χ3v) is 5.29. The lowest BCUT2D eigenvalue weighted by molar-refractivity contribution is -0.138. The largest absolute Gasteiger partial charge is 0.480 e. The monoisotopic (exact) mass is 349 g/mol. The van der Waals surface area contributed by atoms with Gasteiger partial charge in [0.1, 0.15) is 12.0 Å². The topological polar surface area (TPSA) is 65.5 Å². The molecule has 2 aliphatic heterocycles. The van der Waals surface area contributed by atoms with Crippen LogP contribution in [-0.2, 0) is 17.6 Å². The highest BCUT2D eigenvalue weighted by atomic mass is 19.1. The number of carboxylic acids is 1. The number of aromatic nitrogens is 1. The van der Waals surface area contributed by atoms with Crippen LogP contribution in [0.5, 0.6) is 0 Å². The number of fused-ring (bicyclic) bond motifs is 1. The first-order valence-corrected chi connectivity index (χ1v) is 9.42. The Morgan fingerprint density at radius 1 is 1.44 bits per heavy atom. The Balaban J connectivity index is 1.36. The molecule has 6 heteroatoms. The Morgan fingerprint density at radius 2 is 2.32 bits per heavy atom. The second-order valence-electron chi connectivity index (χ2n) is 7.28. The van der Waals surface area contributed by atoms with E-state index >= 15 is 0 Å². The fourth-order valence-electron chi connectivity index (χ4n) is 3.88. The van der Waals surface area contributed by atoms with E-state index in [1.54, 1.807) is 0 Å². The number of nitrogens with zero attached hydrogens (tertiary/aromatic N) is 2. The van der Waals surface area contributed by atoms with E-state index in [0.29, 0.717) is 19.5 Å². The Hall–Kier alpha value is -1.69. The number of hydrogen-bond acceptors (Lipinski definition) is 4. The van der Waals surface area contributed by atoms with E-state index in [2.05, 4.69) is 22.4 Å². The maximum Gasteiger partial charge on any atom is 0.317 e. The van der Waals surface area contributed by atoms with Crippen molar-refractivity contribution >= 4 is 11.8 Å². The average molecular weight is 349 g/mol. The van der Waals surface area contributed by atoms with Gasteiger partial charge in [-0.15, -0.1) is 0 Å². The molecule has 2 N–H and O–H groups in total. The fourth-order valence-corrected chi connectivity index (χ4v) is 3.88. The van der Waals surface area contributed by atoms with E-state index in [1.807, 2.05) is 4.90 Å². The van der Waals surface area contributed by atoms with Crippen LogP contribution in [0.25, 0.3) is 0 Å². The summed E-state index contributed by atoms with van der Waals surface area (Å²) in [5.74, 6) is 0.185. The van der Waals surface area contributed by atoms with Crippen molar-refractivity contribution in [1.82, 2.24) is 9.88 Å². The van der Waals surface area contributed by atoms with Crippen molar-refractivity contribution < 1.29 is 14.3 Å². The van der Waals surface area contributed by atoms with Crippen molar-refractivity contribution in [2.45, 2.75) is 51.1 Å². The van der Waals surface area contributed by atoms with Gasteiger partial charge in [0, 0.05) is 24.7 Å². The molecule has 0 aromatic carbocycles. The smallest absolute Gasteiger partial charge is 0.317 e. The molecule has 5 nitrogen and oxygen atoms in total. The first-order chi connectivity index (χ1) is 12.1. The third-order valence-electron chi connectivity index (χ3n) is 5.29. The molecule has 0 spiro atoms. The van der Waals surface area contributed by atoms with Crippen LogP contribution in [-0.4, -0.2) is 53.3 Å². The number of carboxylic acid groups (broad SMARTS) is 1. The third kappa shape index (κ3) is 5.14. The molecular weight excluding hydrogens is 321 g/mol. The number of alkyl halides is 1. The van der Waals surface area contributed by atoms with Crippen molar-refractivity contribution in [3.05, 3.63) is 23.4 Å². The number of halogens is 1. The van der Waals surface area contributed by atoms with Gasteiger partial charge in [-0.05, 0) is 56.7 Å². The molecule has 1 saturated heterocycles. The number of pyridine rings is 1. The summed E-state index contributed by atoms with van der Waals surface area (Å²) < 4.78 is 14.4. The number of rotatable bonds is 8. The first kappa shape index (κ1) is 18.1. The highest BCUT2D eigenvalue weighted by molar-refractivity contribution is 5.69. The SMILES string of the molecule is O=C(O)CN1CC[C@@H](C(F)CCCCc2ccc3c(n2)NCCC3)C1. The van der Waals surface area contributed by atoms with E-state index in [-0.39, 0.29) is 12.5 Å². The second-order valence-corrected chi connectivity index (χ2v) is 7.28. The maximum absolute atomic E-state index is 14.4. The average Bonchev–Trinajstić information content (AvgIpc) is 3.06. The molecule has 0 radical (unpaired) electrons. The van der Waals surface area contributed by atoms with Gasteiger partial charge in [0.25, 0.3) is 0 Å². The molecule has 0 saturated carbocycles. The van der Waals surface area contributed by atoms with Crippen LogP contribution in [0.4, 0.5) is 10.2 Å². The number of aryl methyl sites for hydroxylation is 2. The van der Waals surface area contributed by atoms with Crippen molar-refractivity contribution in [2.24, 2.45) is 5.92 Å². The molecule has 3 heterocycles. The lowest BCUT2D eigenvalue weighted by Crippen LogP contribution is -2.29. The van der Waals surface area contributed by atoms with Gasteiger partial charge in [0.2, 0.25) is 0 Å². The van der Waals surface area contributed by atoms with Crippen LogP contribution in [0.2, 0.25) is 0 Å². The quantitative estimate of drug-likeness (QED) is 0.707. The van der Waals surface area contributed by atoms with Gasteiger partial charge in [0.15, 0.2) is 0 Å². The molecular formula is C19H28FN3O2. The van der Waals surface area contributed by atoms with Gasteiger partial charge in [-0.3, -0.25) is 9.69 Å². The molecule has 0 amide bonds. The molecule has 1 unspecified atom stereocenters. The predicted molar refractivity (Wildman–Crippen MR) is 95.7 cm³/mol. The molecule has 1 fully saturated rings. The van der Waals surface area contributed by atoms with Crippen molar-refractivity contribution in [3.63, 3.8) is 0 Å². The molecule has 1 aromatic rings. The van der Waals surface area contributed by atoms with Crippen molar-refractivity contribution in [2.75, 3.05) is 31.5 Å². The van der Waals surface area contributed by atoms with Gasteiger partial charge in [-0.2, -0.15) is 0 Å². The second kappa shape index (κ2) is 8.61. The van der Waals surface area contributed by atoms with Crippen LogP contribution in [0.3, 0.4) is 0 Å². The summed E-state index contributed by atoms with van der Waals surface area (Å²) in [6, 6.07) is 4.26. The van der Waals surface area contributed by atoms with Gasteiger partial charge in [-0.1, -0.05) is 12.5 Å². The van der Waals surface area contributed by atoms with E-state index in [1.165, 1.54) is 5.56 Å². The molecule has 2 atom stereocenters. The molecule has 1 aromatic heterocycles. The highest BCUT2D eigenvalue weighted by Gasteiger charge is 2.29. The summed E-state index contributed by atoms with van der Waals surface area (Å²) in [6.45, 7) is 2.30. The Kier molecular flexibility index (Phi) is 6.24. The Bertz CT molecular complexity index is 596. The van der Waals surface area contributed by atoms with E-state index in [9.17, 15) is 9.18 Å². The highest BCUT2D eigenvalue weighted by Crippen LogP contribution is 2.25. The predicted octanol–water partition coefficient (Wildman–Crippen LogP) is 2.90. The lowest BCUT2D eigenvalue weighted by atomic mass is 9.97. The minimum absolute atomic E-state index is 0.00887. The van der Waals surface area contributed by atoms with Gasteiger partial charge >= 0.3 is 5.97 Å². The summed E-state index contributed by atoms with van der Waals surface area (Å²) >= 11 is 0. The van der Waals surface area contributed by atoms with Gasteiger partial charge in [-0.25, -0.2) is 9.37 Å². The van der Waals surface area contributed by atoms with E-state index in [4.69, 9.17) is 5.11 Å². The Labute approximate surface area is 148 Å². The van der Waals surface area contributed by atoms with E-state index < -0.39 is 12.1 Å². The normalized spacial score (nSPS) is 21.6. The van der Waals surface area contributed by atoms with Crippen molar-refractivity contribution in [3.8, 4) is 0 Å². The summed E-state index contributed by atoms with van der Waals surface area (Å²) in [6.07, 6.45) is 5.45. The molecule has 0 bridgehead atoms. The fraction of sp³-hybridized carbons (Fsp3) is 0.684. The Morgan fingerprint density at radius 3 is 3.16 bits per heavy atom. The maximum atomic E-state index is 14.4. The van der Waals surface area contributed by atoms with Crippen LogP contribution >= 0.6 is 0 Å². The molecule has 0 aliphatic carbocycles. The first-order valence-electron chi connectivity index (χ1n) is 9.42. The number of carbonyl (C=O) groups is 1. The number of hydrogen-bond donors (Lipinski definition) is 2. The standard InChI is InChI=1S/C19H28FN3O2/c20-17(15-9-11-23(12-15)13-18(24)25)6-2-1-5-16-8-7-14-4-3-10-21-19(14)22-16/h7-8,15,17H,1-6,9-13H2,(H,21,22)(H,24,25)/t15-,17?/m1/s1. The molecule has 25 heavy (non-hydrogen) atoms. The zero-order valence-electron chi connectivity index (χ0n) is 14.7. The van der Waals surface area contributed by atoms with Crippen molar-refractivity contribution in [1.29, 1.82) is 0 Å². The number of aliphatic carboxylic acids is 1. The molecule has 3 rings (SSSR count). The summed E-state index contributed by atoms with van der Waals surface area (Å²) in [5, 5.41) is 12.2. The summed E-state index contributed by atoms with van der Waals surface area (Å²) in [5.41, 5.74) is 2.38. The minimum atomic E-state index is -0.830. The number of nitrogens with one attached hydrogen (secondary N) is 1. The number of likely N-dealkylation sites (tertiary alicyclic amines) is 1. The van der Waals surface area contributed by atoms with E-state index in [0.717, 1.165) is 56.6 Å². The lowest BCUT2D eigenvalue weighted by Gasteiger charge is -2.18. The number of anilines is 1. The van der Waals surface area contributed by atoms with Crippen LogP contribution < -0.4 is 5.32 Å². The molecule has 2 aliphatic rings. The van der Waals surface area contributed by atoms with Gasteiger partial charge < -0.3 is 10.4 Å². The summed E-state index contributed by atoms with van der Waals surface area (Å²) in [4.78, 5) is 17.2. The van der Waals surface area contributed by atoms with Crippen LogP contribution in [0.1, 0.15) is 43.4 Å². The van der Waals surface area contributed by atoms with Crippen LogP contribution in [0, 0.1) is 5.92 Å². The zero-order valence-corrected chi connectivity index (χ0v) is 14.7. The van der Waals surface area contributed by atoms with Crippen LogP contribution in [0.15, 0.2) is 12.1 Å². The van der Waals surface area contributed by atoms with Gasteiger partial charge in [0.05, 0.1) is 6.54 Å². The zero-order chi connectivity index (χ0) is 17.6. The summed E-state index contributed by atoms with van der Waals surface area (Å²) in [7, 11) is 0.